The van der Waals surface area contributed by atoms with Crippen LogP contribution in [0, 0.1) is 0 Å². The average molecular weight is 186 g/mol. The lowest BCUT2D eigenvalue weighted by molar-refractivity contribution is 0.481. The summed E-state index contributed by atoms with van der Waals surface area (Å²) in [6.07, 6.45) is 1.00. The van der Waals surface area contributed by atoms with Gasteiger partial charge in [0.05, 0.1) is 6.20 Å². The summed E-state index contributed by atoms with van der Waals surface area (Å²) < 4.78 is 20.7. The predicted octanol–water partition coefficient (Wildman–Crippen LogP) is -0.882. The second kappa shape index (κ2) is 3.09. The van der Waals surface area contributed by atoms with E-state index in [-0.39, 0.29) is 0 Å². The van der Waals surface area contributed by atoms with Gasteiger partial charge in [-0.3, -0.25) is 0 Å². The number of hydrogen-bond donors (Lipinski definition) is 2. The van der Waals surface area contributed by atoms with Crippen molar-refractivity contribution in [2.45, 2.75) is 0 Å². The monoisotopic (exact) mass is 185 g/mol. The molecule has 0 aromatic heterocycles. The van der Waals surface area contributed by atoms with Crippen LogP contribution in [0.4, 0.5) is 0 Å². The lowest BCUT2D eigenvalue weighted by Gasteiger charge is -2.04. The predicted molar refractivity (Wildman–Crippen MR) is 39.0 cm³/mol. The molecule has 0 unspecified atom stereocenters. The van der Waals surface area contributed by atoms with Crippen LogP contribution >= 0.6 is 10.7 Å². The lowest BCUT2D eigenvalue weighted by Crippen LogP contribution is -2.22. The van der Waals surface area contributed by atoms with Crippen LogP contribution < -0.4 is 11.6 Å². The number of halogens is 1. The highest BCUT2D eigenvalue weighted by Gasteiger charge is 2.08. The first-order chi connectivity index (χ1) is 4.34. The summed E-state index contributed by atoms with van der Waals surface area (Å²) in [7, 11) is 2.44. The maximum atomic E-state index is 10.4. The maximum absolute atomic E-state index is 10.4. The molecule has 0 aliphatic heterocycles. The van der Waals surface area contributed by atoms with Crippen LogP contribution in [0.25, 0.3) is 0 Å². The van der Waals surface area contributed by atoms with Gasteiger partial charge in [-0.25, -0.2) is 14.3 Å². The fraction of sp³-hybridized carbons (Fsp3) is 0.333. The molecule has 0 atom stereocenters. The normalized spacial score (nSPS) is 13.3. The van der Waals surface area contributed by atoms with Crippen LogP contribution in [0.2, 0.25) is 0 Å². The molecule has 0 aromatic carbocycles. The number of rotatable bonds is 2. The van der Waals surface area contributed by atoms with E-state index in [4.69, 9.17) is 22.3 Å². The zero-order valence-electron chi connectivity index (χ0n) is 5.28. The molecule has 0 spiro atoms. The molecule has 4 N–H and O–H groups in total. The van der Waals surface area contributed by atoms with Gasteiger partial charge in [0.25, 0.3) is 9.05 Å². The Morgan fingerprint density at radius 1 is 1.70 bits per heavy atom. The zero-order chi connectivity index (χ0) is 8.36. The standard InChI is InChI=1S/C3H8ClN3O2S/c1-7(6)2-3(5)10(4,8)9/h2H,5-6H2,1H3/b3-2+. The van der Waals surface area contributed by atoms with Crippen molar-refractivity contribution >= 4 is 19.7 Å². The molecular formula is C3H8ClN3O2S. The Kier molecular flexibility index (Phi) is 2.95. The third-order valence-corrected chi connectivity index (χ3v) is 1.82. The minimum absolute atomic E-state index is 0.473. The molecule has 0 radical (unpaired) electrons. The first kappa shape index (κ1) is 9.54. The van der Waals surface area contributed by atoms with Gasteiger partial charge in [-0.15, -0.1) is 0 Å². The smallest absolute Gasteiger partial charge is 0.277 e. The Balaban J connectivity index is 4.53. The summed E-state index contributed by atoms with van der Waals surface area (Å²) in [5.74, 6) is 5.04. The first-order valence-electron chi connectivity index (χ1n) is 2.23. The third kappa shape index (κ3) is 3.54. The van der Waals surface area contributed by atoms with Gasteiger partial charge in [-0.1, -0.05) is 0 Å². The molecule has 0 saturated heterocycles. The Hall–Kier alpha value is -0.460. The van der Waals surface area contributed by atoms with Crippen molar-refractivity contribution in [3.05, 3.63) is 11.2 Å². The number of nitrogens with zero attached hydrogens (tertiary/aromatic N) is 1. The van der Waals surface area contributed by atoms with Crippen molar-refractivity contribution in [3.63, 3.8) is 0 Å². The average Bonchev–Trinajstić information content (AvgIpc) is 1.60. The summed E-state index contributed by atoms with van der Waals surface area (Å²) in [5, 5.41) is 0.522. The van der Waals surface area contributed by atoms with Crippen LogP contribution in [0.15, 0.2) is 11.2 Å². The summed E-state index contributed by atoms with van der Waals surface area (Å²) in [6.45, 7) is 0. The van der Waals surface area contributed by atoms with Crippen molar-refractivity contribution < 1.29 is 8.42 Å². The van der Waals surface area contributed by atoms with Gasteiger partial charge in [0.2, 0.25) is 0 Å². The van der Waals surface area contributed by atoms with E-state index in [9.17, 15) is 8.42 Å². The highest BCUT2D eigenvalue weighted by molar-refractivity contribution is 8.16. The Labute approximate surface area is 63.6 Å². The van der Waals surface area contributed by atoms with E-state index in [2.05, 4.69) is 0 Å². The summed E-state index contributed by atoms with van der Waals surface area (Å²) in [4.78, 5) is 0. The van der Waals surface area contributed by atoms with Gasteiger partial charge < -0.3 is 10.7 Å². The van der Waals surface area contributed by atoms with E-state index in [1.165, 1.54) is 7.05 Å². The summed E-state index contributed by atoms with van der Waals surface area (Å²) in [5.41, 5.74) is 4.97. The topological polar surface area (TPSA) is 89.4 Å². The van der Waals surface area contributed by atoms with Crippen LogP contribution in [0.1, 0.15) is 0 Å². The van der Waals surface area contributed by atoms with E-state index in [1.807, 2.05) is 0 Å². The fourth-order valence-corrected chi connectivity index (χ4v) is 0.675. The number of hydrazine groups is 1. The van der Waals surface area contributed by atoms with Gasteiger partial charge in [-0.05, 0) is 0 Å². The fourth-order valence-electron chi connectivity index (χ4n) is 0.264. The van der Waals surface area contributed by atoms with Gasteiger partial charge in [0.1, 0.15) is 0 Å². The van der Waals surface area contributed by atoms with E-state index in [0.29, 0.717) is 0 Å². The molecule has 7 heteroatoms. The molecule has 0 fully saturated rings. The van der Waals surface area contributed by atoms with E-state index in [0.717, 1.165) is 11.2 Å². The van der Waals surface area contributed by atoms with Crippen LogP contribution in [-0.2, 0) is 9.05 Å². The molecule has 0 heterocycles. The Bertz CT molecular complexity index is 232. The molecule has 60 valence electrons. The molecule has 0 aromatic rings. The first-order valence-corrected chi connectivity index (χ1v) is 4.54. The largest absolute Gasteiger partial charge is 0.387 e. The molecule has 10 heavy (non-hydrogen) atoms. The van der Waals surface area contributed by atoms with Gasteiger partial charge in [0, 0.05) is 17.7 Å². The molecule has 0 rings (SSSR count). The van der Waals surface area contributed by atoms with Crippen molar-refractivity contribution in [3.8, 4) is 0 Å². The maximum Gasteiger partial charge on any atom is 0.277 e. The molecule has 0 aliphatic carbocycles. The van der Waals surface area contributed by atoms with E-state index in [1.54, 1.807) is 0 Å². The quantitative estimate of drug-likeness (QED) is 0.331. The second-order valence-corrected chi connectivity index (χ2v) is 4.20. The summed E-state index contributed by atoms with van der Waals surface area (Å²) in [6, 6.07) is 0. The Morgan fingerprint density at radius 3 is 2.20 bits per heavy atom. The van der Waals surface area contributed by atoms with Crippen LogP contribution in [0.3, 0.4) is 0 Å². The molecule has 0 aliphatic rings. The highest BCUT2D eigenvalue weighted by Crippen LogP contribution is 2.04. The minimum Gasteiger partial charge on any atom is -0.387 e. The molecule has 0 bridgehead atoms. The minimum atomic E-state index is -3.81. The number of nitrogens with two attached hydrogens (primary N) is 2. The molecular weight excluding hydrogens is 178 g/mol. The van der Waals surface area contributed by atoms with Crippen molar-refractivity contribution in [1.82, 2.24) is 5.01 Å². The van der Waals surface area contributed by atoms with Crippen LogP contribution in [-0.4, -0.2) is 20.5 Å². The van der Waals surface area contributed by atoms with E-state index >= 15 is 0 Å². The van der Waals surface area contributed by atoms with Crippen LogP contribution in [0.5, 0.6) is 0 Å². The SMILES string of the molecule is CN(N)/C=C(\N)S(=O)(=O)Cl. The number of hydrogen-bond acceptors (Lipinski definition) is 5. The molecule has 0 amide bonds. The second-order valence-electron chi connectivity index (χ2n) is 1.63. The van der Waals surface area contributed by atoms with Gasteiger partial charge in [0.15, 0.2) is 5.03 Å². The molecule has 5 nitrogen and oxygen atoms in total. The van der Waals surface area contributed by atoms with E-state index < -0.39 is 14.1 Å². The van der Waals surface area contributed by atoms with Gasteiger partial charge >= 0.3 is 0 Å². The zero-order valence-corrected chi connectivity index (χ0v) is 6.85. The van der Waals surface area contributed by atoms with Gasteiger partial charge in [-0.2, -0.15) is 0 Å². The van der Waals surface area contributed by atoms with Crippen molar-refractivity contribution in [1.29, 1.82) is 0 Å². The summed E-state index contributed by atoms with van der Waals surface area (Å²) >= 11 is 0. The highest BCUT2D eigenvalue weighted by atomic mass is 35.7. The Morgan fingerprint density at radius 2 is 2.10 bits per heavy atom. The van der Waals surface area contributed by atoms with Crippen molar-refractivity contribution in [2.24, 2.45) is 11.6 Å². The molecule has 0 saturated carbocycles. The third-order valence-electron chi connectivity index (χ3n) is 0.612. The van der Waals surface area contributed by atoms with Crippen molar-refractivity contribution in [2.75, 3.05) is 7.05 Å². The lowest BCUT2D eigenvalue weighted by atomic mass is 10.9.